The van der Waals surface area contributed by atoms with Gasteiger partial charge in [-0.2, -0.15) is 0 Å². The summed E-state index contributed by atoms with van der Waals surface area (Å²) < 4.78 is 11.2. The first-order valence-corrected chi connectivity index (χ1v) is 11.1. The minimum atomic E-state index is -0.701. The van der Waals surface area contributed by atoms with Crippen LogP contribution in [0, 0.1) is 0 Å². The van der Waals surface area contributed by atoms with Gasteiger partial charge < -0.3 is 19.5 Å². The highest BCUT2D eigenvalue weighted by atomic mass is 16.5. The molecule has 6 heteroatoms. The number of methoxy groups -OCH3 is 1. The van der Waals surface area contributed by atoms with Crippen LogP contribution in [0.4, 0.5) is 0 Å². The van der Waals surface area contributed by atoms with E-state index in [2.05, 4.69) is 6.92 Å². The van der Waals surface area contributed by atoms with Crippen molar-refractivity contribution in [3.63, 3.8) is 0 Å². The lowest BCUT2D eigenvalue weighted by Gasteiger charge is -2.26. The summed E-state index contributed by atoms with van der Waals surface area (Å²) in [6.07, 6.45) is 2.69. The molecule has 1 atom stereocenters. The molecule has 1 aliphatic rings. The Hall–Kier alpha value is -3.28. The van der Waals surface area contributed by atoms with Gasteiger partial charge in [0.1, 0.15) is 17.3 Å². The largest absolute Gasteiger partial charge is 0.507 e. The number of ketones is 1. The van der Waals surface area contributed by atoms with E-state index < -0.39 is 17.7 Å². The van der Waals surface area contributed by atoms with E-state index in [0.29, 0.717) is 23.6 Å². The lowest BCUT2D eigenvalue weighted by Crippen LogP contribution is -2.30. The van der Waals surface area contributed by atoms with Gasteiger partial charge in [0.05, 0.1) is 30.4 Å². The van der Waals surface area contributed by atoms with Crippen LogP contribution in [0.5, 0.6) is 11.5 Å². The lowest BCUT2D eigenvalue weighted by atomic mass is 9.94. The molecule has 2 aromatic rings. The summed E-state index contributed by atoms with van der Waals surface area (Å²) in [7, 11) is 1.50. The Bertz CT molecular complexity index is 1010. The van der Waals surface area contributed by atoms with E-state index >= 15 is 0 Å². The van der Waals surface area contributed by atoms with Gasteiger partial charge in [-0.05, 0) is 50.1 Å². The van der Waals surface area contributed by atoms with Gasteiger partial charge >= 0.3 is 0 Å². The summed E-state index contributed by atoms with van der Waals surface area (Å²) in [5.74, 6) is -0.450. The number of carbonyl (C=O) groups excluding carboxylic acids is 2. The number of Topliss-reactive ketones (excluding diaryl/α,β-unsaturated/α-hetero) is 1. The second-order valence-electron chi connectivity index (χ2n) is 8.14. The molecule has 1 amide bonds. The Labute approximate surface area is 189 Å². The normalized spacial score (nSPS) is 17.8. The third kappa shape index (κ3) is 4.79. The van der Waals surface area contributed by atoms with Crippen LogP contribution in [0.2, 0.25) is 0 Å². The standard InChI is InChI=1S/C26H31NO5/c1-5-6-9-15-27-23(18-11-10-12-19(16-18)32-17(2)3)22(25(29)26(27)30)24(28)20-13-7-8-14-21(20)31-4/h7-8,10-14,16-17,23,28H,5-6,9,15H2,1-4H3/b24-22-. The number of aliphatic hydroxyl groups is 1. The van der Waals surface area contributed by atoms with Crippen molar-refractivity contribution in [1.82, 2.24) is 4.90 Å². The Balaban J connectivity index is 2.15. The topological polar surface area (TPSA) is 76.1 Å². The van der Waals surface area contributed by atoms with Gasteiger partial charge in [-0.25, -0.2) is 0 Å². The lowest BCUT2D eigenvalue weighted by molar-refractivity contribution is -0.139. The molecule has 0 spiro atoms. The highest BCUT2D eigenvalue weighted by molar-refractivity contribution is 6.46. The predicted octanol–water partition coefficient (Wildman–Crippen LogP) is 5.09. The molecular formula is C26H31NO5. The third-order valence-electron chi connectivity index (χ3n) is 5.45. The van der Waals surface area contributed by atoms with Gasteiger partial charge in [0.25, 0.3) is 11.7 Å². The average Bonchev–Trinajstić information content (AvgIpc) is 3.03. The number of likely N-dealkylation sites (tertiary alicyclic amines) is 1. The molecule has 1 heterocycles. The fourth-order valence-corrected chi connectivity index (χ4v) is 4.00. The van der Waals surface area contributed by atoms with Crippen LogP contribution >= 0.6 is 0 Å². The maximum absolute atomic E-state index is 13.1. The SMILES string of the molecule is CCCCCN1C(=O)C(=O)/C(=C(\O)c2ccccc2OC)C1c1cccc(OC(C)C)c1. The van der Waals surface area contributed by atoms with Crippen molar-refractivity contribution in [2.24, 2.45) is 0 Å². The predicted molar refractivity (Wildman–Crippen MR) is 124 cm³/mol. The number of hydrogen-bond acceptors (Lipinski definition) is 5. The van der Waals surface area contributed by atoms with Crippen LogP contribution in [0.1, 0.15) is 57.2 Å². The number of benzene rings is 2. The molecule has 0 aliphatic carbocycles. The van der Waals surface area contributed by atoms with E-state index in [4.69, 9.17) is 9.47 Å². The minimum absolute atomic E-state index is 0.0188. The fourth-order valence-electron chi connectivity index (χ4n) is 4.00. The monoisotopic (exact) mass is 437 g/mol. The van der Waals surface area contributed by atoms with Crippen LogP contribution < -0.4 is 9.47 Å². The van der Waals surface area contributed by atoms with Gasteiger partial charge in [-0.15, -0.1) is 0 Å². The van der Waals surface area contributed by atoms with Crippen LogP contribution in [-0.2, 0) is 9.59 Å². The molecule has 0 radical (unpaired) electrons. The molecule has 6 nitrogen and oxygen atoms in total. The molecule has 1 aliphatic heterocycles. The molecule has 0 bridgehead atoms. The number of rotatable bonds is 9. The second kappa shape index (κ2) is 10.4. The summed E-state index contributed by atoms with van der Waals surface area (Å²) >= 11 is 0. The maximum atomic E-state index is 13.1. The smallest absolute Gasteiger partial charge is 0.295 e. The highest BCUT2D eigenvalue weighted by Gasteiger charge is 2.46. The van der Waals surface area contributed by atoms with Crippen molar-refractivity contribution in [2.75, 3.05) is 13.7 Å². The summed E-state index contributed by atoms with van der Waals surface area (Å²) in [6, 6.07) is 13.6. The van der Waals surface area contributed by atoms with Crippen molar-refractivity contribution >= 4 is 17.4 Å². The minimum Gasteiger partial charge on any atom is -0.507 e. The number of unbranched alkanes of at least 4 members (excludes halogenated alkanes) is 2. The van der Waals surface area contributed by atoms with Gasteiger partial charge in [0.15, 0.2) is 0 Å². The highest BCUT2D eigenvalue weighted by Crippen LogP contribution is 2.41. The zero-order valence-corrected chi connectivity index (χ0v) is 19.1. The number of amides is 1. The van der Waals surface area contributed by atoms with Crippen molar-refractivity contribution in [1.29, 1.82) is 0 Å². The third-order valence-corrected chi connectivity index (χ3v) is 5.45. The van der Waals surface area contributed by atoms with E-state index in [1.54, 1.807) is 29.2 Å². The summed E-state index contributed by atoms with van der Waals surface area (Å²) in [4.78, 5) is 27.7. The van der Waals surface area contributed by atoms with Crippen molar-refractivity contribution in [2.45, 2.75) is 52.2 Å². The van der Waals surface area contributed by atoms with Crippen molar-refractivity contribution in [3.05, 3.63) is 65.2 Å². The van der Waals surface area contributed by atoms with Crippen LogP contribution in [0.25, 0.3) is 5.76 Å². The first-order chi connectivity index (χ1) is 15.4. The Kier molecular flexibility index (Phi) is 7.57. The molecule has 0 saturated carbocycles. The first-order valence-electron chi connectivity index (χ1n) is 11.1. The van der Waals surface area contributed by atoms with Gasteiger partial charge in [-0.3, -0.25) is 9.59 Å². The molecule has 1 N–H and O–H groups in total. The van der Waals surface area contributed by atoms with Crippen LogP contribution in [0.15, 0.2) is 54.1 Å². The van der Waals surface area contributed by atoms with E-state index in [1.165, 1.54) is 7.11 Å². The quantitative estimate of drug-likeness (QED) is 0.256. The van der Waals surface area contributed by atoms with Crippen LogP contribution in [-0.4, -0.2) is 41.5 Å². The summed E-state index contributed by atoms with van der Waals surface area (Å²) in [5.41, 5.74) is 1.16. The molecular weight excluding hydrogens is 406 g/mol. The number of hydrogen-bond donors (Lipinski definition) is 1. The number of carbonyl (C=O) groups is 2. The van der Waals surface area contributed by atoms with Crippen molar-refractivity contribution < 1.29 is 24.2 Å². The first kappa shape index (κ1) is 23.4. The molecule has 3 rings (SSSR count). The van der Waals surface area contributed by atoms with E-state index in [-0.39, 0.29) is 17.4 Å². The molecule has 1 fully saturated rings. The van der Waals surface area contributed by atoms with E-state index in [1.807, 2.05) is 38.1 Å². The van der Waals surface area contributed by atoms with Crippen LogP contribution in [0.3, 0.4) is 0 Å². The van der Waals surface area contributed by atoms with Gasteiger partial charge in [0, 0.05) is 6.54 Å². The number of aliphatic hydroxyl groups excluding tert-OH is 1. The summed E-state index contributed by atoms with van der Waals surface area (Å²) in [5, 5.41) is 11.2. The zero-order chi connectivity index (χ0) is 23.3. The van der Waals surface area contributed by atoms with Gasteiger partial charge in [-0.1, -0.05) is 44.0 Å². The molecule has 32 heavy (non-hydrogen) atoms. The second-order valence-corrected chi connectivity index (χ2v) is 8.14. The van der Waals surface area contributed by atoms with E-state index in [0.717, 1.165) is 24.8 Å². The molecule has 170 valence electrons. The number of para-hydroxylation sites is 1. The Morgan fingerprint density at radius 3 is 2.53 bits per heavy atom. The molecule has 0 aromatic heterocycles. The zero-order valence-electron chi connectivity index (χ0n) is 19.1. The molecule has 1 unspecified atom stereocenters. The maximum Gasteiger partial charge on any atom is 0.295 e. The molecule has 2 aromatic carbocycles. The number of ether oxygens (including phenoxy) is 2. The van der Waals surface area contributed by atoms with Gasteiger partial charge in [0.2, 0.25) is 0 Å². The number of nitrogens with zero attached hydrogens (tertiary/aromatic N) is 1. The van der Waals surface area contributed by atoms with Crippen molar-refractivity contribution in [3.8, 4) is 11.5 Å². The Morgan fingerprint density at radius 1 is 1.09 bits per heavy atom. The average molecular weight is 438 g/mol. The Morgan fingerprint density at radius 2 is 1.84 bits per heavy atom. The summed E-state index contributed by atoms with van der Waals surface area (Å²) in [6.45, 7) is 6.39. The van der Waals surface area contributed by atoms with E-state index in [9.17, 15) is 14.7 Å². The fraction of sp³-hybridized carbons (Fsp3) is 0.385. The molecule has 1 saturated heterocycles.